The first-order valence-corrected chi connectivity index (χ1v) is 9.60. The molecule has 2 aromatic rings. The molecule has 1 nitrogen and oxygen atoms in total. The summed E-state index contributed by atoms with van der Waals surface area (Å²) in [5.41, 5.74) is 1.39. The summed E-state index contributed by atoms with van der Waals surface area (Å²) in [6, 6.07) is 13.8. The van der Waals surface area contributed by atoms with Crippen LogP contribution in [0.3, 0.4) is 0 Å². The molecule has 0 aliphatic carbocycles. The number of benzene rings is 2. The summed E-state index contributed by atoms with van der Waals surface area (Å²) in [6.45, 7) is 3.19. The number of hydrogen-bond acceptors (Lipinski definition) is 2. The summed E-state index contributed by atoms with van der Waals surface area (Å²) in [5.74, 6) is 0.543. The lowest BCUT2D eigenvalue weighted by molar-refractivity contribution is -0.137. The summed E-state index contributed by atoms with van der Waals surface area (Å²) in [5, 5.41) is 0. The number of nitrogens with zero attached hydrogens (tertiary/aromatic N) is 1. The Morgan fingerprint density at radius 3 is 2.44 bits per heavy atom. The van der Waals surface area contributed by atoms with Crippen molar-refractivity contribution in [2.75, 3.05) is 13.1 Å². The fourth-order valence-electron chi connectivity index (χ4n) is 3.13. The SMILES string of the molecule is FC(F)(F)c1cccc(CSc2ccccc2CN2CCCCC2)c1. The third-order valence-electron chi connectivity index (χ3n) is 4.46. The number of hydrogen-bond donors (Lipinski definition) is 0. The highest BCUT2D eigenvalue weighted by Gasteiger charge is 2.30. The van der Waals surface area contributed by atoms with Gasteiger partial charge in [-0.3, -0.25) is 4.90 Å². The van der Waals surface area contributed by atoms with Gasteiger partial charge < -0.3 is 0 Å². The van der Waals surface area contributed by atoms with Gasteiger partial charge in [0, 0.05) is 17.2 Å². The second-order valence-corrected chi connectivity index (χ2v) is 7.45. The van der Waals surface area contributed by atoms with Crippen LogP contribution in [0.25, 0.3) is 0 Å². The molecule has 1 aliphatic heterocycles. The van der Waals surface area contributed by atoms with Crippen LogP contribution in [-0.2, 0) is 18.5 Å². The van der Waals surface area contributed by atoms with E-state index < -0.39 is 11.7 Å². The van der Waals surface area contributed by atoms with Gasteiger partial charge in [-0.1, -0.05) is 42.8 Å². The van der Waals surface area contributed by atoms with Crippen LogP contribution >= 0.6 is 11.8 Å². The average Bonchev–Trinajstić information content (AvgIpc) is 2.61. The zero-order chi connectivity index (χ0) is 17.7. The summed E-state index contributed by atoms with van der Waals surface area (Å²) >= 11 is 1.61. The van der Waals surface area contributed by atoms with Gasteiger partial charge in [0.2, 0.25) is 0 Å². The topological polar surface area (TPSA) is 3.24 Å². The van der Waals surface area contributed by atoms with Crippen molar-refractivity contribution >= 4 is 11.8 Å². The molecule has 1 heterocycles. The van der Waals surface area contributed by atoms with Crippen molar-refractivity contribution in [2.24, 2.45) is 0 Å². The first kappa shape index (κ1) is 18.3. The third kappa shape index (κ3) is 5.25. The van der Waals surface area contributed by atoms with E-state index in [1.54, 1.807) is 17.8 Å². The van der Waals surface area contributed by atoms with Crippen LogP contribution in [-0.4, -0.2) is 18.0 Å². The van der Waals surface area contributed by atoms with Crippen molar-refractivity contribution in [2.45, 2.75) is 42.6 Å². The molecule has 0 aromatic heterocycles. The van der Waals surface area contributed by atoms with Crippen molar-refractivity contribution in [3.05, 3.63) is 65.2 Å². The van der Waals surface area contributed by atoms with Gasteiger partial charge in [0.15, 0.2) is 0 Å². The van der Waals surface area contributed by atoms with Crippen LogP contribution in [0.4, 0.5) is 13.2 Å². The van der Waals surface area contributed by atoms with E-state index in [0.717, 1.165) is 30.6 Å². The fraction of sp³-hybridized carbons (Fsp3) is 0.400. The summed E-state index contributed by atoms with van der Waals surface area (Å²) in [7, 11) is 0. The van der Waals surface area contributed by atoms with E-state index in [9.17, 15) is 13.2 Å². The van der Waals surface area contributed by atoms with Gasteiger partial charge in [-0.2, -0.15) is 13.2 Å². The number of likely N-dealkylation sites (tertiary alicyclic amines) is 1. The molecule has 0 radical (unpaired) electrons. The fourth-order valence-corrected chi connectivity index (χ4v) is 4.13. The summed E-state index contributed by atoms with van der Waals surface area (Å²) in [4.78, 5) is 3.62. The Labute approximate surface area is 151 Å². The summed E-state index contributed by atoms with van der Waals surface area (Å²) < 4.78 is 38.5. The van der Waals surface area contributed by atoms with Crippen LogP contribution in [0, 0.1) is 0 Å². The Morgan fingerprint density at radius 2 is 1.68 bits per heavy atom. The molecule has 1 saturated heterocycles. The Kier molecular flexibility index (Phi) is 6.07. The minimum absolute atomic E-state index is 0.543. The maximum absolute atomic E-state index is 12.8. The molecule has 5 heteroatoms. The molecule has 3 rings (SSSR count). The number of rotatable bonds is 5. The van der Waals surface area contributed by atoms with Crippen molar-refractivity contribution < 1.29 is 13.2 Å². The molecule has 134 valence electrons. The molecule has 0 bridgehead atoms. The van der Waals surface area contributed by atoms with E-state index in [4.69, 9.17) is 0 Å². The molecular weight excluding hydrogens is 343 g/mol. The largest absolute Gasteiger partial charge is 0.416 e. The van der Waals surface area contributed by atoms with Crippen LogP contribution in [0.15, 0.2) is 53.4 Å². The molecule has 2 aromatic carbocycles. The predicted molar refractivity (Wildman–Crippen MR) is 96.6 cm³/mol. The van der Waals surface area contributed by atoms with Crippen molar-refractivity contribution in [1.29, 1.82) is 0 Å². The van der Waals surface area contributed by atoms with Gasteiger partial charge in [-0.25, -0.2) is 0 Å². The van der Waals surface area contributed by atoms with E-state index in [0.29, 0.717) is 11.3 Å². The minimum atomic E-state index is -4.28. The monoisotopic (exact) mass is 365 g/mol. The van der Waals surface area contributed by atoms with Gasteiger partial charge in [0.1, 0.15) is 0 Å². The molecule has 25 heavy (non-hydrogen) atoms. The third-order valence-corrected chi connectivity index (χ3v) is 5.65. The molecule has 0 saturated carbocycles. The lowest BCUT2D eigenvalue weighted by atomic mass is 10.1. The highest BCUT2D eigenvalue weighted by molar-refractivity contribution is 7.98. The number of piperidine rings is 1. The van der Waals surface area contributed by atoms with Gasteiger partial charge in [-0.15, -0.1) is 11.8 Å². The molecule has 0 amide bonds. The van der Waals surface area contributed by atoms with Crippen molar-refractivity contribution in [1.82, 2.24) is 4.90 Å². The normalized spacial score (nSPS) is 16.1. The number of thioether (sulfide) groups is 1. The zero-order valence-corrected chi connectivity index (χ0v) is 14.9. The highest BCUT2D eigenvalue weighted by Crippen LogP contribution is 2.32. The number of alkyl halides is 3. The maximum atomic E-state index is 12.8. The molecule has 1 aliphatic rings. The lowest BCUT2D eigenvalue weighted by Gasteiger charge is -2.27. The lowest BCUT2D eigenvalue weighted by Crippen LogP contribution is -2.29. The van der Waals surface area contributed by atoms with E-state index in [-0.39, 0.29) is 0 Å². The highest BCUT2D eigenvalue weighted by atomic mass is 32.2. The second kappa shape index (κ2) is 8.28. The first-order chi connectivity index (χ1) is 12.0. The predicted octanol–water partition coefficient (Wildman–Crippen LogP) is 5.98. The van der Waals surface area contributed by atoms with Gasteiger partial charge in [-0.05, 0) is 49.2 Å². The summed E-state index contributed by atoms with van der Waals surface area (Å²) in [6.07, 6.45) is -0.478. The van der Waals surface area contributed by atoms with Crippen LogP contribution < -0.4 is 0 Å². The van der Waals surface area contributed by atoms with E-state index in [1.807, 2.05) is 12.1 Å². The number of halogens is 3. The van der Waals surface area contributed by atoms with E-state index >= 15 is 0 Å². The van der Waals surface area contributed by atoms with Crippen LogP contribution in [0.2, 0.25) is 0 Å². The Balaban J connectivity index is 1.67. The second-order valence-electron chi connectivity index (χ2n) is 6.43. The first-order valence-electron chi connectivity index (χ1n) is 8.61. The van der Waals surface area contributed by atoms with Crippen LogP contribution in [0.1, 0.15) is 36.0 Å². The standard InChI is InChI=1S/C20H22F3NS/c21-20(22,23)18-9-6-7-16(13-18)15-25-19-10-3-2-8-17(19)14-24-11-4-1-5-12-24/h2-3,6-10,13H,1,4-5,11-12,14-15H2. The molecule has 1 fully saturated rings. The molecular formula is C20H22F3NS. The Hall–Kier alpha value is -1.46. The minimum Gasteiger partial charge on any atom is -0.299 e. The molecule has 0 spiro atoms. The Bertz CT molecular complexity index is 693. The van der Waals surface area contributed by atoms with Crippen molar-refractivity contribution in [3.8, 4) is 0 Å². The van der Waals surface area contributed by atoms with E-state index in [1.165, 1.54) is 37.0 Å². The zero-order valence-electron chi connectivity index (χ0n) is 14.1. The van der Waals surface area contributed by atoms with Gasteiger partial charge in [0.05, 0.1) is 5.56 Å². The van der Waals surface area contributed by atoms with Gasteiger partial charge >= 0.3 is 6.18 Å². The Morgan fingerprint density at radius 1 is 0.920 bits per heavy atom. The maximum Gasteiger partial charge on any atom is 0.416 e. The van der Waals surface area contributed by atoms with Crippen LogP contribution in [0.5, 0.6) is 0 Å². The average molecular weight is 365 g/mol. The molecule has 0 N–H and O–H groups in total. The van der Waals surface area contributed by atoms with Crippen molar-refractivity contribution in [3.63, 3.8) is 0 Å². The molecule has 0 atom stereocenters. The quantitative estimate of drug-likeness (QED) is 0.599. The smallest absolute Gasteiger partial charge is 0.299 e. The van der Waals surface area contributed by atoms with Gasteiger partial charge in [0.25, 0.3) is 0 Å². The van der Waals surface area contributed by atoms with E-state index in [2.05, 4.69) is 17.0 Å². The molecule has 0 unspecified atom stereocenters.